The number of unbranched alkanes of at least 4 members (excludes halogenated alkanes) is 2. The number of hydrogen-bond donors (Lipinski definition) is 2. The highest BCUT2D eigenvalue weighted by atomic mass is 32.2. The topological polar surface area (TPSA) is 69.6 Å². The van der Waals surface area contributed by atoms with Crippen molar-refractivity contribution in [2.75, 3.05) is 18.6 Å². The smallest absolute Gasteiger partial charge is 0.326 e. The van der Waals surface area contributed by atoms with E-state index in [4.69, 9.17) is 5.11 Å². The van der Waals surface area contributed by atoms with Crippen LogP contribution >= 0.6 is 11.8 Å². The molecule has 2 amide bonds. The molecule has 0 aliphatic carbocycles. The number of hydrogen-bond acceptors (Lipinski definition) is 3. The van der Waals surface area contributed by atoms with E-state index >= 15 is 0 Å². The van der Waals surface area contributed by atoms with Crippen LogP contribution in [0.3, 0.4) is 0 Å². The van der Waals surface area contributed by atoms with Crippen LogP contribution in [0, 0.1) is 0 Å². The van der Waals surface area contributed by atoms with Crippen molar-refractivity contribution in [2.45, 2.75) is 58.5 Å². The van der Waals surface area contributed by atoms with E-state index in [0.29, 0.717) is 13.0 Å². The van der Waals surface area contributed by atoms with E-state index in [1.807, 2.05) is 20.1 Å². The Kier molecular flexibility index (Phi) is 10.3. The van der Waals surface area contributed by atoms with Crippen LogP contribution in [0.2, 0.25) is 0 Å². The summed E-state index contributed by atoms with van der Waals surface area (Å²) in [5.74, 6) is -0.251. The monoisotopic (exact) mass is 304 g/mol. The first-order valence-electron chi connectivity index (χ1n) is 7.22. The predicted octanol–water partition coefficient (Wildman–Crippen LogP) is 2.80. The lowest BCUT2D eigenvalue weighted by Gasteiger charge is -2.28. The van der Waals surface area contributed by atoms with Gasteiger partial charge >= 0.3 is 12.0 Å². The summed E-state index contributed by atoms with van der Waals surface area (Å²) >= 11 is 1.58. The molecule has 1 unspecified atom stereocenters. The Balaban J connectivity index is 4.50. The predicted molar refractivity (Wildman–Crippen MR) is 84.3 cm³/mol. The molecule has 0 radical (unpaired) electrons. The largest absolute Gasteiger partial charge is 0.480 e. The molecule has 1 atom stereocenters. The van der Waals surface area contributed by atoms with Gasteiger partial charge in [0.2, 0.25) is 0 Å². The van der Waals surface area contributed by atoms with E-state index in [1.54, 1.807) is 16.7 Å². The number of carboxylic acid groups (broad SMARTS) is 1. The lowest BCUT2D eigenvalue weighted by molar-refractivity contribution is -0.139. The quantitative estimate of drug-likeness (QED) is 0.609. The second-order valence-corrected chi connectivity index (χ2v) is 6.10. The van der Waals surface area contributed by atoms with Gasteiger partial charge in [-0.05, 0) is 38.7 Å². The molecule has 5 nitrogen and oxygen atoms in total. The number of carboxylic acids is 1. The van der Waals surface area contributed by atoms with Crippen LogP contribution < -0.4 is 5.32 Å². The van der Waals surface area contributed by atoms with Crippen LogP contribution in [0.15, 0.2) is 0 Å². The molecule has 0 aromatic carbocycles. The second kappa shape index (κ2) is 10.8. The molecule has 0 fully saturated rings. The number of urea groups is 1. The highest BCUT2D eigenvalue weighted by molar-refractivity contribution is 7.98. The van der Waals surface area contributed by atoms with Crippen molar-refractivity contribution in [3.8, 4) is 0 Å². The molecule has 20 heavy (non-hydrogen) atoms. The summed E-state index contributed by atoms with van der Waals surface area (Å²) in [7, 11) is 0. The maximum atomic E-state index is 12.2. The van der Waals surface area contributed by atoms with Crippen LogP contribution in [0.5, 0.6) is 0 Å². The van der Waals surface area contributed by atoms with Crippen molar-refractivity contribution < 1.29 is 14.7 Å². The van der Waals surface area contributed by atoms with Crippen LogP contribution in [0.4, 0.5) is 4.79 Å². The lowest BCUT2D eigenvalue weighted by atomic mass is 10.2. The number of aliphatic carboxylic acids is 1. The van der Waals surface area contributed by atoms with Gasteiger partial charge in [-0.3, -0.25) is 0 Å². The van der Waals surface area contributed by atoms with Gasteiger partial charge < -0.3 is 15.3 Å². The van der Waals surface area contributed by atoms with Crippen LogP contribution in [-0.4, -0.2) is 52.6 Å². The van der Waals surface area contributed by atoms with Crippen molar-refractivity contribution >= 4 is 23.8 Å². The molecule has 0 saturated carbocycles. The number of amides is 2. The number of carbonyl (C=O) groups is 2. The molecule has 0 bridgehead atoms. The fourth-order valence-corrected chi connectivity index (χ4v) is 2.32. The summed E-state index contributed by atoms with van der Waals surface area (Å²) in [6, 6.07) is -1.01. The standard InChI is InChI=1S/C14H28N2O3S/c1-5-6-7-9-16(11(2)3)14(19)15-12(13(17)18)8-10-20-4/h11-12H,5-10H2,1-4H3,(H,15,19)(H,17,18). The van der Waals surface area contributed by atoms with E-state index in [-0.39, 0.29) is 12.1 Å². The van der Waals surface area contributed by atoms with Gasteiger partial charge in [0.1, 0.15) is 6.04 Å². The van der Waals surface area contributed by atoms with Crippen molar-refractivity contribution in [1.82, 2.24) is 10.2 Å². The van der Waals surface area contributed by atoms with E-state index < -0.39 is 12.0 Å². The molecule has 0 heterocycles. The third-order valence-electron chi connectivity index (χ3n) is 3.09. The van der Waals surface area contributed by atoms with Crippen molar-refractivity contribution in [3.05, 3.63) is 0 Å². The normalized spacial score (nSPS) is 12.2. The molecule has 2 N–H and O–H groups in total. The molecular weight excluding hydrogens is 276 g/mol. The van der Waals surface area contributed by atoms with Crippen LogP contribution in [0.1, 0.15) is 46.5 Å². The number of rotatable bonds is 10. The van der Waals surface area contributed by atoms with Gasteiger partial charge in [0.15, 0.2) is 0 Å². The first-order valence-corrected chi connectivity index (χ1v) is 8.62. The van der Waals surface area contributed by atoms with Crippen LogP contribution in [-0.2, 0) is 4.79 Å². The van der Waals surface area contributed by atoms with Gasteiger partial charge in [0.25, 0.3) is 0 Å². The van der Waals surface area contributed by atoms with Gasteiger partial charge in [0, 0.05) is 12.6 Å². The molecule has 0 aromatic heterocycles. The lowest BCUT2D eigenvalue weighted by Crippen LogP contribution is -2.50. The zero-order valence-corrected chi connectivity index (χ0v) is 13.8. The number of nitrogens with zero attached hydrogens (tertiary/aromatic N) is 1. The molecule has 6 heteroatoms. The van der Waals surface area contributed by atoms with Crippen molar-refractivity contribution in [2.24, 2.45) is 0 Å². The molecule has 0 spiro atoms. The number of carbonyl (C=O) groups excluding carboxylic acids is 1. The molecule has 118 valence electrons. The maximum absolute atomic E-state index is 12.2. The highest BCUT2D eigenvalue weighted by Crippen LogP contribution is 2.06. The van der Waals surface area contributed by atoms with E-state index in [2.05, 4.69) is 12.2 Å². The summed E-state index contributed by atoms with van der Waals surface area (Å²) in [6.45, 7) is 6.68. The Labute approximate surface area is 126 Å². The zero-order valence-electron chi connectivity index (χ0n) is 13.0. The van der Waals surface area contributed by atoms with Gasteiger partial charge in [-0.15, -0.1) is 0 Å². The minimum Gasteiger partial charge on any atom is -0.480 e. The second-order valence-electron chi connectivity index (χ2n) is 5.12. The van der Waals surface area contributed by atoms with Crippen LogP contribution in [0.25, 0.3) is 0 Å². The Hall–Kier alpha value is -0.910. The van der Waals surface area contributed by atoms with Gasteiger partial charge in [-0.25, -0.2) is 9.59 Å². The fourth-order valence-electron chi connectivity index (χ4n) is 1.85. The van der Waals surface area contributed by atoms with E-state index in [0.717, 1.165) is 25.0 Å². The van der Waals surface area contributed by atoms with Crippen molar-refractivity contribution in [3.63, 3.8) is 0 Å². The summed E-state index contributed by atoms with van der Waals surface area (Å²) < 4.78 is 0. The minimum absolute atomic E-state index is 0.0712. The summed E-state index contributed by atoms with van der Waals surface area (Å²) in [4.78, 5) is 25.1. The number of thioether (sulfide) groups is 1. The Morgan fingerprint density at radius 1 is 1.30 bits per heavy atom. The molecule has 0 aliphatic heterocycles. The first-order chi connectivity index (χ1) is 9.43. The molecule has 0 saturated heterocycles. The third-order valence-corrected chi connectivity index (χ3v) is 3.74. The maximum Gasteiger partial charge on any atom is 0.326 e. The average molecular weight is 304 g/mol. The molecule has 0 aliphatic rings. The minimum atomic E-state index is -0.968. The highest BCUT2D eigenvalue weighted by Gasteiger charge is 2.23. The Morgan fingerprint density at radius 2 is 1.95 bits per heavy atom. The summed E-state index contributed by atoms with van der Waals surface area (Å²) in [6.07, 6.45) is 5.49. The number of nitrogens with one attached hydrogen (secondary N) is 1. The third kappa shape index (κ3) is 7.62. The first kappa shape index (κ1) is 19.1. The molecule has 0 rings (SSSR count). The SMILES string of the molecule is CCCCCN(C(=O)NC(CCSC)C(=O)O)C(C)C. The molecule has 0 aromatic rings. The fraction of sp³-hybridized carbons (Fsp3) is 0.857. The summed E-state index contributed by atoms with van der Waals surface area (Å²) in [5.41, 5.74) is 0. The Morgan fingerprint density at radius 3 is 2.40 bits per heavy atom. The van der Waals surface area contributed by atoms with E-state index in [1.165, 1.54) is 0 Å². The Bertz CT molecular complexity index is 298. The van der Waals surface area contributed by atoms with Gasteiger partial charge in [-0.1, -0.05) is 19.8 Å². The van der Waals surface area contributed by atoms with Gasteiger partial charge in [-0.2, -0.15) is 11.8 Å². The van der Waals surface area contributed by atoms with Crippen molar-refractivity contribution in [1.29, 1.82) is 0 Å². The van der Waals surface area contributed by atoms with Gasteiger partial charge in [0.05, 0.1) is 0 Å². The zero-order chi connectivity index (χ0) is 15.5. The average Bonchev–Trinajstić information content (AvgIpc) is 2.38. The molecular formula is C14H28N2O3S. The van der Waals surface area contributed by atoms with E-state index in [9.17, 15) is 9.59 Å². The summed E-state index contributed by atoms with van der Waals surface area (Å²) in [5, 5.41) is 11.8.